The van der Waals surface area contributed by atoms with Gasteiger partial charge in [-0.05, 0) is 12.8 Å². The highest BCUT2D eigenvalue weighted by Crippen LogP contribution is 2.14. The Bertz CT molecular complexity index is 908. The SMILES string of the molecule is CCCCCCCCCCCC(=O)OC[C@H](CSC[C@@H](N)C(=O)NCCOCCOS(=O)(=O)O)OC(=O)CCCCCCCCCCC. The van der Waals surface area contributed by atoms with Crippen LogP contribution in [-0.2, 0) is 43.2 Å². The summed E-state index contributed by atoms with van der Waals surface area (Å²) >= 11 is 1.34. The lowest BCUT2D eigenvalue weighted by Crippen LogP contribution is -2.43. The highest BCUT2D eigenvalue weighted by molar-refractivity contribution is 7.99. The minimum absolute atomic E-state index is 0.0349. The van der Waals surface area contributed by atoms with Crippen LogP contribution >= 0.6 is 11.8 Å². The van der Waals surface area contributed by atoms with Crippen molar-refractivity contribution in [2.24, 2.45) is 5.73 Å². The van der Waals surface area contributed by atoms with Crippen LogP contribution < -0.4 is 11.1 Å². The number of hydrogen-bond donors (Lipinski definition) is 3. The van der Waals surface area contributed by atoms with Crippen LogP contribution in [0.2, 0.25) is 0 Å². The number of unbranched alkanes of at least 4 members (excludes halogenated alkanes) is 16. The van der Waals surface area contributed by atoms with Crippen molar-refractivity contribution in [3.8, 4) is 0 Å². The number of carbonyl (C=O) groups is 3. The van der Waals surface area contributed by atoms with E-state index in [9.17, 15) is 22.8 Å². The fourth-order valence-corrected chi connectivity index (χ4v) is 6.11. The van der Waals surface area contributed by atoms with Gasteiger partial charge >= 0.3 is 22.3 Å². The molecule has 0 aromatic rings. The van der Waals surface area contributed by atoms with E-state index in [1.54, 1.807) is 0 Å². The molecule has 14 heteroatoms. The molecule has 0 rings (SSSR count). The molecule has 0 aromatic carbocycles. The second-order valence-corrected chi connectivity index (χ2v) is 14.4. The van der Waals surface area contributed by atoms with Gasteiger partial charge in [0.25, 0.3) is 0 Å². The van der Waals surface area contributed by atoms with Gasteiger partial charge in [0.05, 0.1) is 25.9 Å². The van der Waals surface area contributed by atoms with Gasteiger partial charge in [0, 0.05) is 30.9 Å². The molecule has 0 aliphatic rings. The zero-order valence-electron chi connectivity index (χ0n) is 29.8. The number of ether oxygens (including phenoxy) is 3. The van der Waals surface area contributed by atoms with Gasteiger partial charge < -0.3 is 25.3 Å². The second kappa shape index (κ2) is 32.7. The van der Waals surface area contributed by atoms with E-state index in [0.717, 1.165) is 38.5 Å². The van der Waals surface area contributed by atoms with Crippen molar-refractivity contribution in [3.63, 3.8) is 0 Å². The van der Waals surface area contributed by atoms with Crippen LogP contribution in [0.4, 0.5) is 0 Å². The molecule has 0 spiro atoms. The maximum atomic E-state index is 12.6. The first kappa shape index (κ1) is 46.5. The predicted octanol–water partition coefficient (Wildman–Crippen LogP) is 6.30. The van der Waals surface area contributed by atoms with Crippen LogP contribution in [0.1, 0.15) is 142 Å². The Morgan fingerprint density at radius 1 is 0.708 bits per heavy atom. The van der Waals surface area contributed by atoms with Crippen molar-refractivity contribution in [2.45, 2.75) is 154 Å². The van der Waals surface area contributed by atoms with Crippen LogP contribution in [0, 0.1) is 0 Å². The Kier molecular flexibility index (Phi) is 31.7. The standard InChI is InChI=1S/C34H66N2O10S2/c1-3-5-7-9-11-13-15-17-19-21-32(37)44-27-30(46-33(38)22-20-18-16-14-12-10-8-6-4-2)28-47-29-31(35)34(39)36-23-24-43-25-26-45-48(40,41)42/h30-31H,3-29,35H2,1-2H3,(H,36,39)(H,40,41,42)/t30-,31-/m1/s1. The summed E-state index contributed by atoms with van der Waals surface area (Å²) < 4.78 is 49.9. The fourth-order valence-electron chi connectivity index (χ4n) is 4.86. The minimum Gasteiger partial charge on any atom is -0.462 e. The van der Waals surface area contributed by atoms with Crippen molar-refractivity contribution in [3.05, 3.63) is 0 Å². The highest BCUT2D eigenvalue weighted by atomic mass is 32.3. The molecule has 48 heavy (non-hydrogen) atoms. The van der Waals surface area contributed by atoms with Crippen LogP contribution in [0.5, 0.6) is 0 Å². The summed E-state index contributed by atoms with van der Waals surface area (Å²) in [6, 6.07) is -0.828. The van der Waals surface area contributed by atoms with E-state index in [2.05, 4.69) is 23.3 Å². The average Bonchev–Trinajstić information content (AvgIpc) is 3.04. The molecule has 0 aromatic heterocycles. The van der Waals surface area contributed by atoms with Gasteiger partial charge in [-0.3, -0.25) is 18.9 Å². The molecule has 284 valence electrons. The van der Waals surface area contributed by atoms with Crippen molar-refractivity contribution in [2.75, 3.05) is 44.5 Å². The van der Waals surface area contributed by atoms with Crippen molar-refractivity contribution in [1.29, 1.82) is 0 Å². The molecule has 0 radical (unpaired) electrons. The average molecular weight is 727 g/mol. The van der Waals surface area contributed by atoms with Crippen LogP contribution in [0.15, 0.2) is 0 Å². The lowest BCUT2D eigenvalue weighted by Gasteiger charge is -2.19. The van der Waals surface area contributed by atoms with Crippen LogP contribution in [0.25, 0.3) is 0 Å². The first-order chi connectivity index (χ1) is 23.1. The van der Waals surface area contributed by atoms with E-state index >= 15 is 0 Å². The summed E-state index contributed by atoms with van der Waals surface area (Å²) in [6.07, 6.45) is 20.8. The maximum Gasteiger partial charge on any atom is 0.397 e. The van der Waals surface area contributed by atoms with Gasteiger partial charge in [-0.15, -0.1) is 0 Å². The largest absolute Gasteiger partial charge is 0.462 e. The number of carbonyl (C=O) groups excluding carboxylic acids is 3. The van der Waals surface area contributed by atoms with Gasteiger partial charge in [0.1, 0.15) is 12.7 Å². The number of nitrogens with one attached hydrogen (secondary N) is 1. The smallest absolute Gasteiger partial charge is 0.397 e. The molecule has 0 heterocycles. The molecule has 0 unspecified atom stereocenters. The Morgan fingerprint density at radius 3 is 1.73 bits per heavy atom. The molecule has 0 bridgehead atoms. The summed E-state index contributed by atoms with van der Waals surface area (Å²) in [4.78, 5) is 37.3. The van der Waals surface area contributed by atoms with E-state index in [1.165, 1.54) is 88.8 Å². The Hall–Kier alpha value is -1.45. The molecule has 1 amide bonds. The van der Waals surface area contributed by atoms with Crippen molar-refractivity contribution < 1.29 is 45.7 Å². The highest BCUT2D eigenvalue weighted by Gasteiger charge is 2.20. The summed E-state index contributed by atoms with van der Waals surface area (Å²) in [5.74, 6) is -0.430. The number of hydrogen-bond acceptors (Lipinski definition) is 11. The van der Waals surface area contributed by atoms with Crippen molar-refractivity contribution >= 4 is 40.0 Å². The number of thioether (sulfide) groups is 1. The van der Waals surface area contributed by atoms with Gasteiger partial charge in [0.15, 0.2) is 0 Å². The molecule has 12 nitrogen and oxygen atoms in total. The Balaban J connectivity index is 4.48. The molecular formula is C34H66N2O10S2. The number of amides is 1. The fraction of sp³-hybridized carbons (Fsp3) is 0.912. The number of esters is 2. The van der Waals surface area contributed by atoms with E-state index in [1.807, 2.05) is 0 Å². The molecular weight excluding hydrogens is 661 g/mol. The number of rotatable bonds is 35. The van der Waals surface area contributed by atoms with Gasteiger partial charge in [-0.2, -0.15) is 20.2 Å². The van der Waals surface area contributed by atoms with E-state index in [0.29, 0.717) is 18.6 Å². The second-order valence-electron chi connectivity index (χ2n) is 12.2. The van der Waals surface area contributed by atoms with E-state index in [-0.39, 0.29) is 50.7 Å². The monoisotopic (exact) mass is 726 g/mol. The Labute approximate surface area is 295 Å². The van der Waals surface area contributed by atoms with Gasteiger partial charge in [0.2, 0.25) is 5.91 Å². The zero-order chi connectivity index (χ0) is 35.7. The quantitative estimate of drug-likeness (QED) is 0.0378. The topological polar surface area (TPSA) is 181 Å². The molecule has 0 aliphatic heterocycles. The van der Waals surface area contributed by atoms with Gasteiger partial charge in [-0.1, -0.05) is 117 Å². The summed E-state index contributed by atoms with van der Waals surface area (Å²) in [5.41, 5.74) is 6.02. The molecule has 0 fully saturated rings. The maximum absolute atomic E-state index is 12.6. The zero-order valence-corrected chi connectivity index (χ0v) is 31.4. The summed E-state index contributed by atoms with van der Waals surface area (Å²) in [5, 5.41) is 2.63. The van der Waals surface area contributed by atoms with Crippen LogP contribution in [0.3, 0.4) is 0 Å². The first-order valence-corrected chi connectivity index (χ1v) is 20.8. The Morgan fingerprint density at radius 2 is 1.21 bits per heavy atom. The van der Waals surface area contributed by atoms with E-state index < -0.39 is 28.5 Å². The van der Waals surface area contributed by atoms with Gasteiger partial charge in [-0.25, -0.2) is 4.18 Å². The number of nitrogens with two attached hydrogens (primary N) is 1. The lowest BCUT2D eigenvalue weighted by atomic mass is 10.1. The third kappa shape index (κ3) is 33.1. The molecule has 4 N–H and O–H groups in total. The molecule has 0 saturated heterocycles. The van der Waals surface area contributed by atoms with E-state index in [4.69, 9.17) is 24.5 Å². The summed E-state index contributed by atoms with van der Waals surface area (Å²) in [6.45, 7) is 4.21. The van der Waals surface area contributed by atoms with Crippen molar-refractivity contribution in [1.82, 2.24) is 5.32 Å². The normalized spacial score (nSPS) is 12.8. The first-order valence-electron chi connectivity index (χ1n) is 18.2. The third-order valence-electron chi connectivity index (χ3n) is 7.64. The molecule has 2 atom stereocenters. The summed E-state index contributed by atoms with van der Waals surface area (Å²) in [7, 11) is -4.51. The van der Waals surface area contributed by atoms with Crippen LogP contribution in [-0.4, -0.2) is 87.4 Å². The third-order valence-corrected chi connectivity index (χ3v) is 9.31. The minimum atomic E-state index is -4.51. The molecule has 0 saturated carbocycles. The lowest BCUT2D eigenvalue weighted by molar-refractivity contribution is -0.157. The molecule has 0 aliphatic carbocycles. The predicted molar refractivity (Wildman–Crippen MR) is 191 cm³/mol.